The quantitative estimate of drug-likeness (QED) is 0.179. The summed E-state index contributed by atoms with van der Waals surface area (Å²) in [5, 5.41) is 0. The minimum absolute atomic E-state index is 0.0214. The highest BCUT2D eigenvalue weighted by Gasteiger charge is 2.34. The van der Waals surface area contributed by atoms with Crippen LogP contribution in [0, 0.1) is 17.8 Å². The van der Waals surface area contributed by atoms with Crippen molar-refractivity contribution >= 4 is 17.8 Å². The summed E-state index contributed by atoms with van der Waals surface area (Å²) in [5.74, 6) is 0.805. The van der Waals surface area contributed by atoms with E-state index in [4.69, 9.17) is 9.47 Å². The molecule has 1 aliphatic heterocycles. The van der Waals surface area contributed by atoms with E-state index < -0.39 is 6.04 Å². The first-order valence-corrected chi connectivity index (χ1v) is 13.1. The van der Waals surface area contributed by atoms with Gasteiger partial charge in [0.25, 0.3) is 5.91 Å². The Bertz CT molecular complexity index is 740. The number of allylic oxidation sites excluding steroid dienone is 2. The molecule has 1 saturated heterocycles. The molecule has 4 unspecified atom stereocenters. The normalized spacial score (nSPS) is 24.9. The Kier molecular flexibility index (Phi) is 13.7. The third-order valence-corrected chi connectivity index (χ3v) is 6.69. The third kappa shape index (κ3) is 10.9. The number of carbonyl (C=O) groups excluding carboxylic acids is 3. The highest BCUT2D eigenvalue weighted by atomic mass is 16.5. The lowest BCUT2D eigenvalue weighted by Gasteiger charge is -2.31. The molecule has 7 heteroatoms. The zero-order valence-corrected chi connectivity index (χ0v) is 23.2. The molecule has 0 aromatic carbocycles. The number of methoxy groups -OCH3 is 1. The monoisotopic (exact) mass is 492 g/mol. The first-order valence-electron chi connectivity index (χ1n) is 13.1. The molecule has 1 fully saturated rings. The third-order valence-electron chi connectivity index (χ3n) is 6.69. The van der Waals surface area contributed by atoms with Crippen LogP contribution in [0.2, 0.25) is 0 Å². The molecule has 4 atom stereocenters. The molecule has 2 amide bonds. The van der Waals surface area contributed by atoms with Crippen LogP contribution < -0.4 is 0 Å². The van der Waals surface area contributed by atoms with Crippen LogP contribution in [0.4, 0.5) is 0 Å². The minimum Gasteiger partial charge on any atom is -0.501 e. The van der Waals surface area contributed by atoms with E-state index >= 15 is 0 Å². The molecule has 0 saturated carbocycles. The van der Waals surface area contributed by atoms with Crippen molar-refractivity contribution in [1.29, 1.82) is 0 Å². The number of cyclic esters (lactones) is 1. The van der Waals surface area contributed by atoms with Crippen LogP contribution in [0.1, 0.15) is 86.0 Å². The standard InChI is InChI=1S/C28H48N2O5/c1-9-23(34-8)19-26(31)29(6)16-12-10-11-13-24-15-14-21(4)18-22(5)27(32)30(7)25(17-20(2)3)28(33)35-24/h12,16,19-22,24-25H,9-11,13-15,17-18H2,1-8H3. The zero-order valence-electron chi connectivity index (χ0n) is 23.2. The molecule has 1 aliphatic rings. The SMILES string of the molecule is CCC(=CC(=O)N(C)C=CCCCC1CCC(C)CC(C)C(=O)N(C)C(CC(C)C)C(=O)O1)OC. The highest BCUT2D eigenvalue weighted by Crippen LogP contribution is 2.26. The van der Waals surface area contributed by atoms with Crippen molar-refractivity contribution in [3.05, 3.63) is 24.1 Å². The summed E-state index contributed by atoms with van der Waals surface area (Å²) in [6.07, 6.45) is 11.3. The van der Waals surface area contributed by atoms with Crippen molar-refractivity contribution in [3.63, 3.8) is 0 Å². The van der Waals surface area contributed by atoms with Gasteiger partial charge in [0.2, 0.25) is 5.91 Å². The van der Waals surface area contributed by atoms with Gasteiger partial charge in [0.15, 0.2) is 0 Å². The van der Waals surface area contributed by atoms with E-state index in [2.05, 4.69) is 20.8 Å². The van der Waals surface area contributed by atoms with Gasteiger partial charge in [-0.05, 0) is 56.8 Å². The summed E-state index contributed by atoms with van der Waals surface area (Å²) in [7, 11) is 5.02. The fraction of sp³-hybridized carbons (Fsp3) is 0.750. The number of amides is 2. The average molecular weight is 493 g/mol. The number of likely N-dealkylation sites (N-methyl/N-ethyl adjacent to an activating group) is 2. The van der Waals surface area contributed by atoms with Crippen LogP contribution in [-0.2, 0) is 23.9 Å². The van der Waals surface area contributed by atoms with Crippen LogP contribution in [0.5, 0.6) is 0 Å². The van der Waals surface area contributed by atoms with Crippen LogP contribution in [0.3, 0.4) is 0 Å². The van der Waals surface area contributed by atoms with E-state index in [1.165, 1.54) is 11.0 Å². The lowest BCUT2D eigenvalue weighted by molar-refractivity contribution is -0.160. The van der Waals surface area contributed by atoms with E-state index in [-0.39, 0.29) is 35.7 Å². The fourth-order valence-corrected chi connectivity index (χ4v) is 4.47. The number of ether oxygens (including phenoxy) is 2. The Morgan fingerprint density at radius 2 is 1.94 bits per heavy atom. The van der Waals surface area contributed by atoms with Gasteiger partial charge in [0, 0.05) is 38.7 Å². The molecular weight excluding hydrogens is 444 g/mol. The highest BCUT2D eigenvalue weighted by molar-refractivity contribution is 5.88. The van der Waals surface area contributed by atoms with Gasteiger partial charge < -0.3 is 19.3 Å². The Labute approximate surface area is 212 Å². The summed E-state index contributed by atoms with van der Waals surface area (Å²) in [5.41, 5.74) is 0. The summed E-state index contributed by atoms with van der Waals surface area (Å²) < 4.78 is 11.2. The van der Waals surface area contributed by atoms with Crippen LogP contribution in [0.25, 0.3) is 0 Å². The van der Waals surface area contributed by atoms with Crippen LogP contribution in [0.15, 0.2) is 24.1 Å². The smallest absolute Gasteiger partial charge is 0.329 e. The minimum atomic E-state index is -0.548. The second-order valence-electron chi connectivity index (χ2n) is 10.4. The Morgan fingerprint density at radius 3 is 2.54 bits per heavy atom. The Morgan fingerprint density at radius 1 is 1.26 bits per heavy atom. The molecule has 7 nitrogen and oxygen atoms in total. The lowest BCUT2D eigenvalue weighted by atomic mass is 9.91. The molecule has 200 valence electrons. The number of nitrogens with zero attached hydrogens (tertiary/aromatic N) is 2. The molecule has 0 bridgehead atoms. The van der Waals surface area contributed by atoms with E-state index in [1.807, 2.05) is 19.9 Å². The van der Waals surface area contributed by atoms with E-state index in [1.54, 1.807) is 32.3 Å². The molecule has 1 rings (SSSR count). The largest absolute Gasteiger partial charge is 0.501 e. The first kappa shape index (κ1) is 30.7. The Balaban J connectivity index is 2.78. The predicted molar refractivity (Wildman–Crippen MR) is 139 cm³/mol. The molecule has 0 spiro atoms. The molecule has 0 aromatic heterocycles. The maximum Gasteiger partial charge on any atom is 0.329 e. The van der Waals surface area contributed by atoms with E-state index in [0.717, 1.165) is 38.5 Å². The topological polar surface area (TPSA) is 76.2 Å². The van der Waals surface area contributed by atoms with Crippen molar-refractivity contribution < 1.29 is 23.9 Å². The molecule has 1 heterocycles. The van der Waals surface area contributed by atoms with Crippen molar-refractivity contribution in [2.75, 3.05) is 21.2 Å². The van der Waals surface area contributed by atoms with Crippen molar-refractivity contribution in [1.82, 2.24) is 9.80 Å². The van der Waals surface area contributed by atoms with Gasteiger partial charge in [0.05, 0.1) is 7.11 Å². The number of unbranched alkanes of at least 4 members (excludes halogenated alkanes) is 1. The van der Waals surface area contributed by atoms with Gasteiger partial charge in [-0.1, -0.05) is 40.7 Å². The summed E-state index contributed by atoms with van der Waals surface area (Å²) in [6, 6.07) is -0.548. The van der Waals surface area contributed by atoms with Gasteiger partial charge >= 0.3 is 5.97 Å². The molecular formula is C28H48N2O5. The maximum absolute atomic E-state index is 13.1. The van der Waals surface area contributed by atoms with Crippen molar-refractivity contribution in [2.45, 2.75) is 98.1 Å². The molecule has 35 heavy (non-hydrogen) atoms. The lowest BCUT2D eigenvalue weighted by Crippen LogP contribution is -2.46. The summed E-state index contributed by atoms with van der Waals surface area (Å²) in [6.45, 7) is 10.2. The van der Waals surface area contributed by atoms with E-state index in [0.29, 0.717) is 24.5 Å². The van der Waals surface area contributed by atoms with Gasteiger partial charge in [-0.3, -0.25) is 9.59 Å². The summed E-state index contributed by atoms with van der Waals surface area (Å²) >= 11 is 0. The molecule has 0 N–H and O–H groups in total. The molecule has 0 aliphatic carbocycles. The zero-order chi connectivity index (χ0) is 26.5. The predicted octanol–water partition coefficient (Wildman–Crippen LogP) is 5.31. The van der Waals surface area contributed by atoms with Crippen LogP contribution >= 0.6 is 0 Å². The summed E-state index contributed by atoms with van der Waals surface area (Å²) in [4.78, 5) is 41.5. The fourth-order valence-electron chi connectivity index (χ4n) is 4.47. The maximum atomic E-state index is 13.1. The van der Waals surface area contributed by atoms with Crippen molar-refractivity contribution in [2.24, 2.45) is 17.8 Å². The number of rotatable bonds is 10. The second-order valence-corrected chi connectivity index (χ2v) is 10.4. The van der Waals surface area contributed by atoms with Crippen LogP contribution in [-0.4, -0.2) is 60.9 Å². The average Bonchev–Trinajstić information content (AvgIpc) is 2.82. The Hall–Kier alpha value is -2.31. The van der Waals surface area contributed by atoms with Crippen molar-refractivity contribution in [3.8, 4) is 0 Å². The second kappa shape index (κ2) is 15.6. The number of carbonyl (C=O) groups is 3. The number of hydrogen-bond donors (Lipinski definition) is 0. The first-order chi connectivity index (χ1) is 16.5. The van der Waals surface area contributed by atoms with Gasteiger partial charge in [-0.15, -0.1) is 0 Å². The number of esters is 1. The molecule has 0 radical (unpaired) electrons. The van der Waals surface area contributed by atoms with Gasteiger partial charge in [-0.25, -0.2) is 4.79 Å². The van der Waals surface area contributed by atoms with Gasteiger partial charge in [-0.2, -0.15) is 0 Å². The van der Waals surface area contributed by atoms with E-state index in [9.17, 15) is 14.4 Å². The number of hydrogen-bond acceptors (Lipinski definition) is 5. The van der Waals surface area contributed by atoms with Gasteiger partial charge in [0.1, 0.15) is 17.9 Å². The molecule has 0 aromatic rings.